The van der Waals surface area contributed by atoms with Crippen LogP contribution in [-0.4, -0.2) is 61.1 Å². The van der Waals surface area contributed by atoms with Gasteiger partial charge in [-0.25, -0.2) is 0 Å². The van der Waals surface area contributed by atoms with E-state index in [1.807, 2.05) is 24.3 Å². The summed E-state index contributed by atoms with van der Waals surface area (Å²) in [5.74, 6) is 1.32. The molecule has 0 spiro atoms. The van der Waals surface area contributed by atoms with Crippen LogP contribution in [0.25, 0.3) is 0 Å². The van der Waals surface area contributed by atoms with Crippen LogP contribution in [0.3, 0.4) is 0 Å². The topological polar surface area (TPSA) is 101 Å². The Balaban J connectivity index is 1.52. The summed E-state index contributed by atoms with van der Waals surface area (Å²) in [5.41, 5.74) is 0.835. The summed E-state index contributed by atoms with van der Waals surface area (Å²) in [6.07, 6.45) is 1.26. The largest absolute Gasteiger partial charge is 0.493 e. The number of quaternary nitrogens is 1. The van der Waals surface area contributed by atoms with Gasteiger partial charge in [-0.15, -0.1) is 0 Å². The maximum Gasteiger partial charge on any atom is 0.259 e. The van der Waals surface area contributed by atoms with E-state index in [2.05, 4.69) is 29.1 Å². The molecular formula is C22H33N4O4+. The number of hydrogen-bond acceptors (Lipinski definition) is 6. The zero-order chi connectivity index (χ0) is 21.3. The standard InChI is InChI=1S/C22H32N4O4/c1-16(2)15-30-18-6-4-17(5-7-18)14-19-20(27)24-22(25-21(19)28)23-8-3-9-26-10-12-29-13-11-26/h4-7,16H,3,8-15H2,1-2H3,(H3,23,24,25,27,28)/p+1. The van der Waals surface area contributed by atoms with Gasteiger partial charge in [0.15, 0.2) is 0 Å². The lowest BCUT2D eigenvalue weighted by atomic mass is 10.1. The average Bonchev–Trinajstić information content (AvgIpc) is 2.74. The molecule has 0 aliphatic carbocycles. The van der Waals surface area contributed by atoms with Crippen molar-refractivity contribution in [3.8, 4) is 11.6 Å². The zero-order valence-electron chi connectivity index (χ0n) is 17.9. The predicted octanol–water partition coefficient (Wildman–Crippen LogP) is 0.818. The van der Waals surface area contributed by atoms with Crippen molar-refractivity contribution in [3.05, 3.63) is 45.7 Å². The molecule has 8 heteroatoms. The van der Waals surface area contributed by atoms with Crippen LogP contribution in [0.4, 0.5) is 5.95 Å². The molecule has 0 atom stereocenters. The van der Waals surface area contributed by atoms with E-state index in [0.29, 0.717) is 31.4 Å². The molecule has 8 nitrogen and oxygen atoms in total. The van der Waals surface area contributed by atoms with Gasteiger partial charge in [-0.3, -0.25) is 9.78 Å². The van der Waals surface area contributed by atoms with E-state index in [4.69, 9.17) is 9.47 Å². The van der Waals surface area contributed by atoms with E-state index in [9.17, 15) is 9.90 Å². The lowest BCUT2D eigenvalue weighted by Gasteiger charge is -2.23. The van der Waals surface area contributed by atoms with Crippen LogP contribution in [0, 0.1) is 5.92 Å². The van der Waals surface area contributed by atoms with Crippen LogP contribution < -0.4 is 20.5 Å². The van der Waals surface area contributed by atoms with Crippen molar-refractivity contribution < 1.29 is 19.5 Å². The molecule has 1 fully saturated rings. The first-order chi connectivity index (χ1) is 14.5. The van der Waals surface area contributed by atoms with Crippen LogP contribution >= 0.6 is 0 Å². The first kappa shape index (κ1) is 22.1. The van der Waals surface area contributed by atoms with Crippen molar-refractivity contribution in [2.45, 2.75) is 26.7 Å². The minimum Gasteiger partial charge on any atom is -0.493 e. The van der Waals surface area contributed by atoms with Crippen molar-refractivity contribution in [1.29, 1.82) is 0 Å². The van der Waals surface area contributed by atoms with Crippen LogP contribution in [-0.2, 0) is 11.2 Å². The van der Waals surface area contributed by atoms with Gasteiger partial charge in [-0.05, 0) is 23.6 Å². The summed E-state index contributed by atoms with van der Waals surface area (Å²) in [5, 5.41) is 13.4. The van der Waals surface area contributed by atoms with E-state index in [-0.39, 0.29) is 17.0 Å². The molecule has 1 aromatic heterocycles. The van der Waals surface area contributed by atoms with Gasteiger partial charge in [-0.2, -0.15) is 4.98 Å². The number of H-pyrrole nitrogens is 1. The number of benzene rings is 1. The fraction of sp³-hybridized carbons (Fsp3) is 0.545. The fourth-order valence-corrected chi connectivity index (χ4v) is 3.35. The average molecular weight is 418 g/mol. The number of morpholine rings is 1. The number of anilines is 1. The van der Waals surface area contributed by atoms with Crippen molar-refractivity contribution in [3.63, 3.8) is 0 Å². The zero-order valence-corrected chi connectivity index (χ0v) is 17.9. The van der Waals surface area contributed by atoms with E-state index in [1.54, 1.807) is 0 Å². The molecule has 1 saturated heterocycles. The first-order valence-corrected chi connectivity index (χ1v) is 10.7. The van der Waals surface area contributed by atoms with E-state index < -0.39 is 0 Å². The molecule has 0 saturated carbocycles. The van der Waals surface area contributed by atoms with Crippen LogP contribution in [0.15, 0.2) is 29.1 Å². The summed E-state index contributed by atoms with van der Waals surface area (Å²) < 4.78 is 11.0. The molecule has 2 heterocycles. The number of nitrogens with one attached hydrogen (secondary N) is 3. The Morgan fingerprint density at radius 2 is 2.00 bits per heavy atom. The van der Waals surface area contributed by atoms with Crippen molar-refractivity contribution in [2.75, 3.05) is 51.3 Å². The molecule has 3 rings (SSSR count). The van der Waals surface area contributed by atoms with Gasteiger partial charge in [-0.1, -0.05) is 26.0 Å². The Labute approximate surface area is 177 Å². The van der Waals surface area contributed by atoms with Gasteiger partial charge in [0.1, 0.15) is 18.8 Å². The van der Waals surface area contributed by atoms with E-state index in [0.717, 1.165) is 50.6 Å². The summed E-state index contributed by atoms with van der Waals surface area (Å²) in [4.78, 5) is 20.8. The molecule has 4 N–H and O–H groups in total. The Morgan fingerprint density at radius 3 is 2.67 bits per heavy atom. The normalized spacial score (nSPS) is 14.8. The first-order valence-electron chi connectivity index (χ1n) is 10.7. The van der Waals surface area contributed by atoms with Crippen LogP contribution in [0.2, 0.25) is 0 Å². The highest BCUT2D eigenvalue weighted by atomic mass is 16.5. The number of nitrogens with zero attached hydrogens (tertiary/aromatic N) is 1. The van der Waals surface area contributed by atoms with Gasteiger partial charge in [0.25, 0.3) is 5.56 Å². The third kappa shape index (κ3) is 6.74. The van der Waals surface area contributed by atoms with E-state index >= 15 is 0 Å². The second kappa shape index (κ2) is 11.0. The molecular weight excluding hydrogens is 384 g/mol. The fourth-order valence-electron chi connectivity index (χ4n) is 3.35. The highest BCUT2D eigenvalue weighted by Gasteiger charge is 2.14. The molecule has 2 aromatic rings. The van der Waals surface area contributed by atoms with Gasteiger partial charge < -0.3 is 24.8 Å². The van der Waals surface area contributed by atoms with Gasteiger partial charge in [0.05, 0.1) is 31.9 Å². The smallest absolute Gasteiger partial charge is 0.259 e. The summed E-state index contributed by atoms with van der Waals surface area (Å²) in [6, 6.07) is 7.55. The number of hydrogen-bond donors (Lipinski definition) is 4. The second-order valence-corrected chi connectivity index (χ2v) is 8.13. The van der Waals surface area contributed by atoms with E-state index in [1.165, 1.54) is 4.90 Å². The minimum atomic E-state index is -0.330. The Bertz CT molecular complexity index is 845. The highest BCUT2D eigenvalue weighted by molar-refractivity contribution is 5.37. The summed E-state index contributed by atoms with van der Waals surface area (Å²) in [6.45, 7) is 10.3. The number of aromatic amines is 1. The van der Waals surface area contributed by atoms with Gasteiger partial charge in [0, 0.05) is 19.4 Å². The quantitative estimate of drug-likeness (QED) is 0.427. The van der Waals surface area contributed by atoms with Crippen molar-refractivity contribution >= 4 is 5.95 Å². The predicted molar refractivity (Wildman–Crippen MR) is 116 cm³/mol. The number of ether oxygens (including phenoxy) is 2. The number of aromatic hydroxyl groups is 1. The molecule has 0 bridgehead atoms. The maximum atomic E-state index is 12.5. The lowest BCUT2D eigenvalue weighted by molar-refractivity contribution is -0.908. The Morgan fingerprint density at radius 1 is 1.27 bits per heavy atom. The molecule has 0 radical (unpaired) electrons. The molecule has 1 aliphatic rings. The number of rotatable bonds is 10. The summed E-state index contributed by atoms with van der Waals surface area (Å²) in [7, 11) is 0. The van der Waals surface area contributed by atoms with Gasteiger partial charge in [0.2, 0.25) is 11.8 Å². The van der Waals surface area contributed by atoms with Crippen molar-refractivity contribution in [1.82, 2.24) is 9.97 Å². The second-order valence-electron chi connectivity index (χ2n) is 8.13. The third-order valence-electron chi connectivity index (χ3n) is 5.08. The molecule has 30 heavy (non-hydrogen) atoms. The maximum absolute atomic E-state index is 12.5. The minimum absolute atomic E-state index is 0.236. The molecule has 0 unspecified atom stereocenters. The SMILES string of the molecule is CC(C)COc1ccc(Cc2c(O)nc(NCCC[NH+]3CCOCC3)[nH]c2=O)cc1. The number of aromatic nitrogens is 2. The molecule has 1 aliphatic heterocycles. The monoisotopic (exact) mass is 417 g/mol. The molecule has 164 valence electrons. The Hall–Kier alpha value is -2.58. The molecule has 1 aromatic carbocycles. The highest BCUT2D eigenvalue weighted by Crippen LogP contribution is 2.18. The van der Waals surface area contributed by atoms with Crippen LogP contribution in [0.5, 0.6) is 11.6 Å². The Kier molecular flexibility index (Phi) is 8.10. The summed E-state index contributed by atoms with van der Waals surface area (Å²) >= 11 is 0. The van der Waals surface area contributed by atoms with Crippen molar-refractivity contribution in [2.24, 2.45) is 5.92 Å². The third-order valence-corrected chi connectivity index (χ3v) is 5.08. The van der Waals surface area contributed by atoms with Crippen LogP contribution in [0.1, 0.15) is 31.4 Å². The lowest BCUT2D eigenvalue weighted by Crippen LogP contribution is -3.14. The molecule has 0 amide bonds. The van der Waals surface area contributed by atoms with Gasteiger partial charge >= 0.3 is 0 Å².